The number of phenols is 4. The summed E-state index contributed by atoms with van der Waals surface area (Å²) in [6, 6.07) is 5.68. The van der Waals surface area contributed by atoms with E-state index >= 15 is 0 Å². The molecule has 0 aromatic heterocycles. The predicted molar refractivity (Wildman–Crippen MR) is 84.2 cm³/mol. The number of carboxylic acid groups (broad SMARTS) is 1. The molecule has 0 spiro atoms. The number of amides is 1. The van der Waals surface area contributed by atoms with E-state index in [1.807, 2.05) is 0 Å². The second kappa shape index (κ2) is 6.61. The van der Waals surface area contributed by atoms with Crippen LogP contribution in [-0.2, 0) is 4.79 Å². The lowest BCUT2D eigenvalue weighted by atomic mass is 10.1. The van der Waals surface area contributed by atoms with Gasteiger partial charge in [-0.25, -0.2) is 4.79 Å². The number of benzene rings is 2. The van der Waals surface area contributed by atoms with Crippen LogP contribution in [0.25, 0.3) is 6.08 Å². The van der Waals surface area contributed by atoms with Gasteiger partial charge in [-0.1, -0.05) is 6.07 Å². The number of rotatable bonds is 4. The zero-order valence-electron chi connectivity index (χ0n) is 12.1. The Hall–Kier alpha value is -3.68. The fraction of sp³-hybridized carbons (Fsp3) is 0. The van der Waals surface area contributed by atoms with Crippen molar-refractivity contribution in [3.63, 3.8) is 0 Å². The number of nitrogens with one attached hydrogen (secondary N) is 1. The van der Waals surface area contributed by atoms with Crippen molar-refractivity contribution in [3.05, 3.63) is 47.5 Å². The van der Waals surface area contributed by atoms with Gasteiger partial charge in [0.2, 0.25) is 5.91 Å². The fourth-order valence-corrected chi connectivity index (χ4v) is 1.89. The highest BCUT2D eigenvalue weighted by Crippen LogP contribution is 2.32. The van der Waals surface area contributed by atoms with Crippen molar-refractivity contribution in [3.8, 4) is 23.0 Å². The average Bonchev–Trinajstić information content (AvgIpc) is 2.50. The molecule has 0 aliphatic carbocycles. The van der Waals surface area contributed by atoms with Crippen LogP contribution in [0.15, 0.2) is 36.4 Å². The maximum Gasteiger partial charge on any atom is 0.338 e. The Morgan fingerprint density at radius 3 is 2.25 bits per heavy atom. The molecule has 6 N–H and O–H groups in total. The first-order valence-electron chi connectivity index (χ1n) is 6.58. The molecule has 2 aromatic carbocycles. The summed E-state index contributed by atoms with van der Waals surface area (Å²) in [5, 5.41) is 48.8. The smallest absolute Gasteiger partial charge is 0.338 e. The fourth-order valence-electron chi connectivity index (χ4n) is 1.89. The van der Waals surface area contributed by atoms with Gasteiger partial charge < -0.3 is 30.8 Å². The number of anilines is 1. The third kappa shape index (κ3) is 3.74. The van der Waals surface area contributed by atoms with Crippen LogP contribution < -0.4 is 5.32 Å². The highest BCUT2D eigenvalue weighted by molar-refractivity contribution is 6.07. The summed E-state index contributed by atoms with van der Waals surface area (Å²) in [7, 11) is 0. The van der Waals surface area contributed by atoms with Crippen molar-refractivity contribution in [2.75, 3.05) is 5.32 Å². The average molecular weight is 331 g/mol. The van der Waals surface area contributed by atoms with Gasteiger partial charge in [-0.15, -0.1) is 0 Å². The maximum atomic E-state index is 11.9. The summed E-state index contributed by atoms with van der Waals surface area (Å²) >= 11 is 0. The molecule has 24 heavy (non-hydrogen) atoms. The highest BCUT2D eigenvalue weighted by atomic mass is 16.4. The molecule has 1 amide bonds. The molecular formula is C16H13NO7. The largest absolute Gasteiger partial charge is 0.508 e. The molecule has 8 heteroatoms. The molecule has 2 rings (SSSR count). The molecular weight excluding hydrogens is 318 g/mol. The Labute approximate surface area is 135 Å². The molecule has 0 aliphatic heterocycles. The second-order valence-electron chi connectivity index (χ2n) is 4.76. The van der Waals surface area contributed by atoms with E-state index in [2.05, 4.69) is 5.32 Å². The molecule has 124 valence electrons. The number of phenolic OH excluding ortho intramolecular Hbond substituents is 4. The molecule has 0 saturated heterocycles. The molecule has 0 radical (unpaired) electrons. The summed E-state index contributed by atoms with van der Waals surface area (Å²) in [6.45, 7) is 0. The van der Waals surface area contributed by atoms with Crippen LogP contribution in [0.3, 0.4) is 0 Å². The van der Waals surface area contributed by atoms with Gasteiger partial charge in [-0.2, -0.15) is 0 Å². The predicted octanol–water partition coefficient (Wildman–Crippen LogP) is 1.86. The van der Waals surface area contributed by atoms with Crippen LogP contribution in [0.5, 0.6) is 23.0 Å². The van der Waals surface area contributed by atoms with Gasteiger partial charge in [0.15, 0.2) is 11.5 Å². The number of aromatic hydroxyl groups is 4. The van der Waals surface area contributed by atoms with Gasteiger partial charge in [0.1, 0.15) is 11.5 Å². The van der Waals surface area contributed by atoms with Crippen LogP contribution >= 0.6 is 0 Å². The summed E-state index contributed by atoms with van der Waals surface area (Å²) in [5.74, 6) is -3.91. The first kappa shape index (κ1) is 16.7. The number of aromatic carboxylic acids is 1. The zero-order chi connectivity index (χ0) is 17.9. The number of hydrogen-bond donors (Lipinski definition) is 6. The molecule has 0 heterocycles. The Kier molecular flexibility index (Phi) is 4.60. The molecule has 0 aliphatic rings. The third-order valence-electron chi connectivity index (χ3n) is 3.01. The van der Waals surface area contributed by atoms with Crippen LogP contribution in [-0.4, -0.2) is 37.4 Å². The van der Waals surface area contributed by atoms with Crippen molar-refractivity contribution in [2.24, 2.45) is 0 Å². The van der Waals surface area contributed by atoms with E-state index < -0.39 is 28.9 Å². The van der Waals surface area contributed by atoms with Crippen LogP contribution in [0, 0.1) is 0 Å². The maximum absolute atomic E-state index is 11.9. The van der Waals surface area contributed by atoms with Gasteiger partial charge in [-0.05, 0) is 29.8 Å². The third-order valence-corrected chi connectivity index (χ3v) is 3.01. The van der Waals surface area contributed by atoms with Crippen LogP contribution in [0.4, 0.5) is 5.69 Å². The summed E-state index contributed by atoms with van der Waals surface area (Å²) < 4.78 is 0. The van der Waals surface area contributed by atoms with Gasteiger partial charge in [0.25, 0.3) is 0 Å². The first-order chi connectivity index (χ1) is 11.3. The zero-order valence-corrected chi connectivity index (χ0v) is 12.1. The molecule has 0 bridgehead atoms. The second-order valence-corrected chi connectivity index (χ2v) is 4.76. The number of hydrogen-bond acceptors (Lipinski definition) is 6. The van der Waals surface area contributed by atoms with E-state index in [4.69, 9.17) is 5.11 Å². The molecule has 2 aromatic rings. The molecule has 0 atom stereocenters. The molecule has 0 fully saturated rings. The minimum Gasteiger partial charge on any atom is -0.508 e. The van der Waals surface area contributed by atoms with Crippen LogP contribution in [0.2, 0.25) is 0 Å². The summed E-state index contributed by atoms with van der Waals surface area (Å²) in [4.78, 5) is 23.0. The van der Waals surface area contributed by atoms with E-state index in [0.29, 0.717) is 5.56 Å². The Morgan fingerprint density at radius 2 is 1.62 bits per heavy atom. The highest BCUT2D eigenvalue weighted by Gasteiger charge is 2.17. The Bertz CT molecular complexity index is 843. The van der Waals surface area contributed by atoms with Crippen molar-refractivity contribution >= 4 is 23.6 Å². The van der Waals surface area contributed by atoms with E-state index in [-0.39, 0.29) is 17.2 Å². The lowest BCUT2D eigenvalue weighted by Crippen LogP contribution is -2.12. The topological polar surface area (TPSA) is 147 Å². The molecule has 0 unspecified atom stereocenters. The molecule has 8 nitrogen and oxygen atoms in total. The van der Waals surface area contributed by atoms with Gasteiger partial charge in [-0.3, -0.25) is 4.79 Å². The van der Waals surface area contributed by atoms with Crippen molar-refractivity contribution in [2.45, 2.75) is 0 Å². The summed E-state index contributed by atoms with van der Waals surface area (Å²) in [5.41, 5.74) is -0.422. The van der Waals surface area contributed by atoms with E-state index in [0.717, 1.165) is 18.2 Å². The number of carboxylic acids is 1. The standard InChI is InChI=1S/C16H13NO7/c18-9-6-10(16(23)24)15(13(21)7-9)17-14(22)4-2-8-1-3-11(19)12(20)5-8/h1-7,18-21H,(H,17,22)(H,23,24)/b4-2+. The van der Waals surface area contributed by atoms with E-state index in [9.17, 15) is 30.0 Å². The monoisotopic (exact) mass is 331 g/mol. The number of carbonyl (C=O) groups excluding carboxylic acids is 1. The van der Waals surface area contributed by atoms with Gasteiger partial charge in [0.05, 0.1) is 11.3 Å². The Balaban J connectivity index is 2.22. The Morgan fingerprint density at radius 1 is 0.917 bits per heavy atom. The van der Waals surface area contributed by atoms with Crippen molar-refractivity contribution in [1.29, 1.82) is 0 Å². The lowest BCUT2D eigenvalue weighted by Gasteiger charge is -2.09. The van der Waals surface area contributed by atoms with Gasteiger partial charge >= 0.3 is 5.97 Å². The van der Waals surface area contributed by atoms with E-state index in [1.165, 1.54) is 24.3 Å². The van der Waals surface area contributed by atoms with E-state index in [1.54, 1.807) is 0 Å². The van der Waals surface area contributed by atoms with Crippen molar-refractivity contribution in [1.82, 2.24) is 0 Å². The summed E-state index contributed by atoms with van der Waals surface area (Å²) in [6.07, 6.45) is 2.36. The SMILES string of the molecule is O=C(/C=C/c1ccc(O)c(O)c1)Nc1c(O)cc(O)cc1C(=O)O. The first-order valence-corrected chi connectivity index (χ1v) is 6.58. The molecule has 0 saturated carbocycles. The quantitative estimate of drug-likeness (QED) is 0.284. The minimum absolute atomic E-state index is 0.309. The van der Waals surface area contributed by atoms with Crippen molar-refractivity contribution < 1.29 is 35.1 Å². The minimum atomic E-state index is -1.44. The number of carbonyl (C=O) groups is 2. The lowest BCUT2D eigenvalue weighted by molar-refractivity contribution is -0.111. The van der Waals surface area contributed by atoms with Crippen LogP contribution in [0.1, 0.15) is 15.9 Å². The van der Waals surface area contributed by atoms with Gasteiger partial charge in [0, 0.05) is 12.1 Å². The normalized spacial score (nSPS) is 10.7.